The monoisotopic (exact) mass is 336 g/mol. The maximum absolute atomic E-state index is 12.5. The van der Waals surface area contributed by atoms with Gasteiger partial charge in [0.25, 0.3) is 0 Å². The van der Waals surface area contributed by atoms with Crippen molar-refractivity contribution in [3.05, 3.63) is 54.0 Å². The Balaban J connectivity index is 1.50. The summed E-state index contributed by atoms with van der Waals surface area (Å²) in [4.78, 5) is 18.6. The summed E-state index contributed by atoms with van der Waals surface area (Å²) < 4.78 is 5.61. The van der Waals surface area contributed by atoms with Crippen molar-refractivity contribution >= 4 is 22.9 Å². The molecule has 1 aromatic carbocycles. The first-order valence-electron chi connectivity index (χ1n) is 7.97. The summed E-state index contributed by atoms with van der Waals surface area (Å²) >= 11 is 0. The van der Waals surface area contributed by atoms with E-state index in [1.807, 2.05) is 36.4 Å². The van der Waals surface area contributed by atoms with Crippen LogP contribution in [0.3, 0.4) is 0 Å². The van der Waals surface area contributed by atoms with Gasteiger partial charge in [-0.15, -0.1) is 10.2 Å². The van der Waals surface area contributed by atoms with Gasteiger partial charge in [0.15, 0.2) is 0 Å². The number of benzene rings is 1. The molecular formula is C17H16N6O2. The lowest BCUT2D eigenvalue weighted by atomic mass is 10.1. The topological polar surface area (TPSA) is 96.9 Å². The van der Waals surface area contributed by atoms with E-state index in [4.69, 9.17) is 4.74 Å². The van der Waals surface area contributed by atoms with Crippen LogP contribution in [-0.2, 0) is 9.53 Å². The Labute approximate surface area is 143 Å². The Bertz CT molecular complexity index is 903. The first kappa shape index (κ1) is 15.4. The van der Waals surface area contributed by atoms with Crippen LogP contribution in [0, 0.1) is 0 Å². The zero-order chi connectivity index (χ0) is 17.1. The van der Waals surface area contributed by atoms with Gasteiger partial charge in [-0.1, -0.05) is 23.4 Å². The molecule has 1 saturated heterocycles. The average Bonchev–Trinajstić information content (AvgIpc) is 3.21. The molecule has 4 rings (SSSR count). The first-order valence-corrected chi connectivity index (χ1v) is 7.97. The van der Waals surface area contributed by atoms with Gasteiger partial charge in [-0.3, -0.25) is 9.78 Å². The summed E-state index contributed by atoms with van der Waals surface area (Å²) in [6, 6.07) is 9.74. The number of ether oxygens (including phenoxy) is 1. The van der Waals surface area contributed by atoms with Crippen molar-refractivity contribution in [3.63, 3.8) is 0 Å². The predicted molar refractivity (Wildman–Crippen MR) is 90.2 cm³/mol. The van der Waals surface area contributed by atoms with E-state index in [0.717, 1.165) is 16.5 Å². The number of H-pyrrole nitrogens is 1. The second-order valence-corrected chi connectivity index (χ2v) is 5.66. The number of carbonyl (C=O) groups is 1. The maximum Gasteiger partial charge on any atom is 0.246 e. The number of hydrogen-bond acceptors (Lipinski definition) is 6. The lowest BCUT2D eigenvalue weighted by Gasteiger charge is -2.30. The predicted octanol–water partition coefficient (Wildman–Crippen LogP) is 1.36. The van der Waals surface area contributed by atoms with Gasteiger partial charge in [-0.2, -0.15) is 5.21 Å². The summed E-state index contributed by atoms with van der Waals surface area (Å²) in [7, 11) is 0. The Morgan fingerprint density at radius 2 is 2.24 bits per heavy atom. The van der Waals surface area contributed by atoms with Crippen LogP contribution in [0.15, 0.2) is 42.6 Å². The van der Waals surface area contributed by atoms with Crippen molar-refractivity contribution in [3.8, 4) is 0 Å². The van der Waals surface area contributed by atoms with Crippen molar-refractivity contribution in [2.24, 2.45) is 0 Å². The van der Waals surface area contributed by atoms with Gasteiger partial charge in [0.05, 0.1) is 18.7 Å². The molecule has 1 atom stereocenters. The van der Waals surface area contributed by atoms with Crippen LogP contribution in [0.5, 0.6) is 0 Å². The number of hydrogen-bond donors (Lipinski definition) is 1. The zero-order valence-electron chi connectivity index (χ0n) is 13.4. The quantitative estimate of drug-likeness (QED) is 0.726. The molecule has 3 heterocycles. The molecule has 0 spiro atoms. The van der Waals surface area contributed by atoms with E-state index in [2.05, 4.69) is 25.6 Å². The zero-order valence-corrected chi connectivity index (χ0v) is 13.4. The molecule has 8 heteroatoms. The molecule has 0 radical (unpaired) electrons. The summed E-state index contributed by atoms with van der Waals surface area (Å²) in [5.41, 5.74) is 1.86. The number of fused-ring (bicyclic) bond motifs is 1. The second-order valence-electron chi connectivity index (χ2n) is 5.66. The number of tetrazole rings is 1. The summed E-state index contributed by atoms with van der Waals surface area (Å²) in [5, 5.41) is 14.8. The Kier molecular flexibility index (Phi) is 4.17. The molecule has 3 aromatic rings. The van der Waals surface area contributed by atoms with Crippen molar-refractivity contribution in [2.75, 3.05) is 19.7 Å². The number of carbonyl (C=O) groups excluding carboxylic acids is 1. The SMILES string of the molecule is O=C(C=Cc1ccnc2ccccc12)N1CCOC(c2nn[nH]n2)C1. The molecule has 25 heavy (non-hydrogen) atoms. The third-order valence-electron chi connectivity index (χ3n) is 4.12. The van der Waals surface area contributed by atoms with Crippen LogP contribution >= 0.6 is 0 Å². The molecule has 8 nitrogen and oxygen atoms in total. The third kappa shape index (κ3) is 3.24. The highest BCUT2D eigenvalue weighted by atomic mass is 16.5. The Morgan fingerprint density at radius 1 is 1.32 bits per heavy atom. The molecule has 0 aliphatic carbocycles. The van der Waals surface area contributed by atoms with Crippen molar-refractivity contribution < 1.29 is 9.53 Å². The second kappa shape index (κ2) is 6.78. The highest BCUT2D eigenvalue weighted by Gasteiger charge is 2.27. The normalized spacial score (nSPS) is 18.1. The fourth-order valence-electron chi connectivity index (χ4n) is 2.84. The molecule has 1 unspecified atom stereocenters. The standard InChI is InChI=1S/C17H16N6O2/c24-16(23-9-10-25-15(11-23)17-19-21-22-20-17)6-5-12-7-8-18-14-4-2-1-3-13(12)14/h1-8,15H,9-11H2,(H,19,20,21,22). The number of morpholine rings is 1. The average molecular weight is 336 g/mol. The van der Waals surface area contributed by atoms with Gasteiger partial charge in [-0.25, -0.2) is 0 Å². The molecule has 126 valence electrons. The molecule has 1 fully saturated rings. The minimum absolute atomic E-state index is 0.0716. The van der Waals surface area contributed by atoms with Crippen molar-refractivity contribution in [1.29, 1.82) is 0 Å². The first-order chi connectivity index (χ1) is 12.3. The smallest absolute Gasteiger partial charge is 0.246 e. The lowest BCUT2D eigenvalue weighted by molar-refractivity contribution is -0.134. The molecule has 0 bridgehead atoms. The van der Waals surface area contributed by atoms with Gasteiger partial charge in [0, 0.05) is 24.2 Å². The summed E-state index contributed by atoms with van der Waals surface area (Å²) in [6.07, 6.45) is 4.80. The van der Waals surface area contributed by atoms with E-state index < -0.39 is 0 Å². The summed E-state index contributed by atoms with van der Waals surface area (Å²) in [6.45, 7) is 1.38. The molecule has 1 aliphatic rings. The molecule has 1 aliphatic heterocycles. The maximum atomic E-state index is 12.5. The van der Waals surface area contributed by atoms with Gasteiger partial charge in [0.1, 0.15) is 6.10 Å². The largest absolute Gasteiger partial charge is 0.366 e. The van der Waals surface area contributed by atoms with Crippen LogP contribution in [-0.4, -0.2) is 56.1 Å². The van der Waals surface area contributed by atoms with Gasteiger partial charge < -0.3 is 9.64 Å². The highest BCUT2D eigenvalue weighted by molar-refractivity contribution is 5.95. The van der Waals surface area contributed by atoms with E-state index >= 15 is 0 Å². The minimum Gasteiger partial charge on any atom is -0.366 e. The molecular weight excluding hydrogens is 320 g/mol. The number of para-hydroxylation sites is 1. The van der Waals surface area contributed by atoms with Gasteiger partial charge >= 0.3 is 0 Å². The minimum atomic E-state index is -0.355. The molecule has 1 amide bonds. The number of rotatable bonds is 3. The molecule has 2 aromatic heterocycles. The Hall–Kier alpha value is -3.13. The fourth-order valence-corrected chi connectivity index (χ4v) is 2.84. The highest BCUT2D eigenvalue weighted by Crippen LogP contribution is 2.20. The third-order valence-corrected chi connectivity index (χ3v) is 4.12. The van der Waals surface area contributed by atoms with E-state index in [9.17, 15) is 4.79 Å². The van der Waals surface area contributed by atoms with Crippen molar-refractivity contribution in [1.82, 2.24) is 30.5 Å². The van der Waals surface area contributed by atoms with E-state index in [-0.39, 0.29) is 12.0 Å². The lowest BCUT2D eigenvalue weighted by Crippen LogP contribution is -2.41. The van der Waals surface area contributed by atoms with Crippen LogP contribution in [0.4, 0.5) is 0 Å². The van der Waals surface area contributed by atoms with Gasteiger partial charge in [0.2, 0.25) is 11.7 Å². The van der Waals surface area contributed by atoms with Crippen LogP contribution in [0.2, 0.25) is 0 Å². The number of nitrogens with zero attached hydrogens (tertiary/aromatic N) is 5. The number of amides is 1. The van der Waals surface area contributed by atoms with Crippen LogP contribution in [0.25, 0.3) is 17.0 Å². The van der Waals surface area contributed by atoms with Crippen LogP contribution in [0.1, 0.15) is 17.5 Å². The number of aromatic amines is 1. The van der Waals surface area contributed by atoms with Crippen molar-refractivity contribution in [2.45, 2.75) is 6.10 Å². The van der Waals surface area contributed by atoms with E-state index in [1.54, 1.807) is 17.2 Å². The molecule has 1 N–H and O–H groups in total. The van der Waals surface area contributed by atoms with Crippen LogP contribution < -0.4 is 0 Å². The number of pyridine rings is 1. The fraction of sp³-hybridized carbons (Fsp3) is 0.235. The number of nitrogens with one attached hydrogen (secondary N) is 1. The Morgan fingerprint density at radius 3 is 3.12 bits per heavy atom. The van der Waals surface area contributed by atoms with E-state index in [0.29, 0.717) is 25.5 Å². The number of aromatic nitrogens is 5. The molecule has 0 saturated carbocycles. The van der Waals surface area contributed by atoms with Gasteiger partial charge in [-0.05, 0) is 23.8 Å². The summed E-state index contributed by atoms with van der Waals surface area (Å²) in [5.74, 6) is 0.388. The van der Waals surface area contributed by atoms with E-state index in [1.165, 1.54) is 0 Å².